The summed E-state index contributed by atoms with van der Waals surface area (Å²) in [6.07, 6.45) is 1.67. The van der Waals surface area contributed by atoms with Crippen LogP contribution in [-0.4, -0.2) is 83.1 Å². The molecule has 3 heterocycles. The van der Waals surface area contributed by atoms with Gasteiger partial charge in [-0.2, -0.15) is 0 Å². The molecule has 5 rings (SSSR count). The average Bonchev–Trinajstić information content (AvgIpc) is 2.92. The van der Waals surface area contributed by atoms with E-state index in [0.717, 1.165) is 72.0 Å². The molecule has 0 amide bonds. The molecule has 0 saturated carbocycles. The Morgan fingerprint density at radius 3 is 1.61 bits per heavy atom. The molecule has 2 aromatic carbocycles. The molecule has 7 heteroatoms. The van der Waals surface area contributed by atoms with Crippen LogP contribution in [-0.2, 0) is 19.6 Å². The second-order valence-electron chi connectivity index (χ2n) is 9.80. The van der Waals surface area contributed by atoms with Gasteiger partial charge in [-0.15, -0.1) is 0 Å². The normalized spacial score (nSPS) is 17.8. The summed E-state index contributed by atoms with van der Waals surface area (Å²) < 4.78 is 0. The van der Waals surface area contributed by atoms with Crippen LogP contribution in [0.4, 0.5) is 5.82 Å². The summed E-state index contributed by atoms with van der Waals surface area (Å²) in [4.78, 5) is 25.5. The number of benzene rings is 2. The van der Waals surface area contributed by atoms with Crippen molar-refractivity contribution in [3.05, 3.63) is 95.2 Å². The minimum Gasteiger partial charge on any atom is -0.478 e. The topological polar surface area (TPSA) is 63.2 Å². The van der Waals surface area contributed by atoms with Gasteiger partial charge < -0.3 is 10.0 Å². The van der Waals surface area contributed by atoms with Crippen LogP contribution in [0, 0.1) is 0 Å². The fourth-order valence-electron chi connectivity index (χ4n) is 5.15. The summed E-state index contributed by atoms with van der Waals surface area (Å²) in [7, 11) is 0. The number of anilines is 1. The molecule has 36 heavy (non-hydrogen) atoms. The summed E-state index contributed by atoms with van der Waals surface area (Å²) in [5.74, 6) is -0.343. The number of aromatic carboxylic acids is 1. The van der Waals surface area contributed by atoms with E-state index in [0.29, 0.717) is 5.82 Å². The van der Waals surface area contributed by atoms with Gasteiger partial charge in [-0.1, -0.05) is 54.6 Å². The highest BCUT2D eigenvalue weighted by Gasteiger charge is 2.22. The van der Waals surface area contributed by atoms with Gasteiger partial charge >= 0.3 is 5.97 Å². The van der Waals surface area contributed by atoms with Crippen molar-refractivity contribution in [3.63, 3.8) is 0 Å². The Kier molecular flexibility index (Phi) is 7.91. The number of hydrogen-bond donors (Lipinski definition) is 1. The van der Waals surface area contributed by atoms with Gasteiger partial charge in [0.25, 0.3) is 0 Å². The predicted octanol–water partition coefficient (Wildman–Crippen LogP) is 3.42. The van der Waals surface area contributed by atoms with Crippen LogP contribution in [0.2, 0.25) is 0 Å². The van der Waals surface area contributed by atoms with Crippen LogP contribution in [0.5, 0.6) is 0 Å². The van der Waals surface area contributed by atoms with Gasteiger partial charge in [-0.05, 0) is 28.8 Å². The van der Waals surface area contributed by atoms with Gasteiger partial charge in [-0.25, -0.2) is 9.78 Å². The van der Waals surface area contributed by atoms with Crippen LogP contribution in [0.3, 0.4) is 0 Å². The standard InChI is InChI=1S/C29H35N5O2/c35-29(36)27-7-4-12-30-28(27)34-19-17-33(18-20-34)23-26-10-8-25(9-11-26)22-32-15-13-31(14-16-32)21-24-5-2-1-3-6-24/h1-12H,13-23H2,(H,35,36). The number of aromatic nitrogens is 1. The van der Waals surface area contributed by atoms with Crippen LogP contribution in [0.1, 0.15) is 27.0 Å². The Hall–Kier alpha value is -3.26. The smallest absolute Gasteiger partial charge is 0.339 e. The third-order valence-corrected chi connectivity index (χ3v) is 7.24. The van der Waals surface area contributed by atoms with Gasteiger partial charge in [0.1, 0.15) is 11.4 Å². The molecule has 1 aromatic heterocycles. The molecule has 0 spiro atoms. The summed E-state index contributed by atoms with van der Waals surface area (Å²) in [6.45, 7) is 10.8. The van der Waals surface area contributed by atoms with E-state index in [1.54, 1.807) is 18.3 Å². The Bertz CT molecular complexity index is 1120. The molecule has 188 valence electrons. The van der Waals surface area contributed by atoms with E-state index in [-0.39, 0.29) is 5.56 Å². The first-order chi connectivity index (χ1) is 17.6. The Morgan fingerprint density at radius 1 is 0.639 bits per heavy atom. The maximum absolute atomic E-state index is 11.5. The lowest BCUT2D eigenvalue weighted by molar-refractivity contribution is 0.0697. The first kappa shape index (κ1) is 24.4. The Balaban J connectivity index is 1.06. The van der Waals surface area contributed by atoms with Crippen LogP contribution < -0.4 is 4.90 Å². The van der Waals surface area contributed by atoms with Crippen molar-refractivity contribution in [2.75, 3.05) is 57.3 Å². The molecule has 0 unspecified atom stereocenters. The van der Waals surface area contributed by atoms with Gasteiger partial charge in [0.05, 0.1) is 0 Å². The summed E-state index contributed by atoms with van der Waals surface area (Å²) in [6, 6.07) is 23.1. The third kappa shape index (κ3) is 6.29. The molecule has 0 bridgehead atoms. The number of piperazine rings is 2. The van der Waals surface area contributed by atoms with Gasteiger partial charge in [0.2, 0.25) is 0 Å². The highest BCUT2D eigenvalue weighted by molar-refractivity contribution is 5.93. The van der Waals surface area contributed by atoms with E-state index in [4.69, 9.17) is 0 Å². The predicted molar refractivity (Wildman–Crippen MR) is 142 cm³/mol. The van der Waals surface area contributed by atoms with Crippen LogP contribution in [0.15, 0.2) is 72.9 Å². The fraction of sp³-hybridized carbons (Fsp3) is 0.379. The lowest BCUT2D eigenvalue weighted by Gasteiger charge is -2.36. The van der Waals surface area contributed by atoms with Gasteiger partial charge in [0, 0.05) is 78.2 Å². The van der Waals surface area contributed by atoms with Crippen molar-refractivity contribution in [3.8, 4) is 0 Å². The van der Waals surface area contributed by atoms with Crippen molar-refractivity contribution < 1.29 is 9.90 Å². The Labute approximate surface area is 213 Å². The first-order valence-electron chi connectivity index (χ1n) is 12.9. The number of hydrogen-bond acceptors (Lipinski definition) is 6. The van der Waals surface area contributed by atoms with E-state index < -0.39 is 5.97 Å². The van der Waals surface area contributed by atoms with Crippen LogP contribution >= 0.6 is 0 Å². The molecule has 7 nitrogen and oxygen atoms in total. The number of pyridine rings is 1. The van der Waals surface area contributed by atoms with Crippen molar-refractivity contribution >= 4 is 11.8 Å². The highest BCUT2D eigenvalue weighted by Crippen LogP contribution is 2.20. The molecule has 0 aliphatic carbocycles. The molecular formula is C29H35N5O2. The zero-order chi connectivity index (χ0) is 24.7. The van der Waals surface area contributed by atoms with Crippen molar-refractivity contribution in [2.45, 2.75) is 19.6 Å². The van der Waals surface area contributed by atoms with E-state index >= 15 is 0 Å². The second kappa shape index (κ2) is 11.6. The van der Waals surface area contributed by atoms with E-state index in [1.807, 2.05) is 0 Å². The highest BCUT2D eigenvalue weighted by atomic mass is 16.4. The monoisotopic (exact) mass is 485 g/mol. The second-order valence-corrected chi connectivity index (χ2v) is 9.80. The van der Waals surface area contributed by atoms with Gasteiger partial charge in [0.15, 0.2) is 0 Å². The molecule has 3 aromatic rings. The van der Waals surface area contributed by atoms with E-state index in [2.05, 4.69) is 79.2 Å². The largest absolute Gasteiger partial charge is 0.478 e. The maximum Gasteiger partial charge on any atom is 0.339 e. The molecule has 2 fully saturated rings. The fourth-order valence-corrected chi connectivity index (χ4v) is 5.15. The molecular weight excluding hydrogens is 450 g/mol. The molecule has 1 N–H and O–H groups in total. The van der Waals surface area contributed by atoms with Crippen molar-refractivity contribution in [1.82, 2.24) is 19.7 Å². The van der Waals surface area contributed by atoms with Gasteiger partial charge in [-0.3, -0.25) is 14.7 Å². The molecule has 2 aliphatic rings. The zero-order valence-electron chi connectivity index (χ0n) is 20.8. The molecule has 0 atom stereocenters. The number of nitrogens with zero attached hydrogens (tertiary/aromatic N) is 5. The summed E-state index contributed by atoms with van der Waals surface area (Å²) in [5.41, 5.74) is 4.37. The molecule has 2 saturated heterocycles. The number of carboxylic acids is 1. The lowest BCUT2D eigenvalue weighted by atomic mass is 10.1. The summed E-state index contributed by atoms with van der Waals surface area (Å²) >= 11 is 0. The van der Waals surface area contributed by atoms with Crippen molar-refractivity contribution in [1.29, 1.82) is 0 Å². The molecule has 0 radical (unpaired) electrons. The maximum atomic E-state index is 11.5. The van der Waals surface area contributed by atoms with E-state index in [1.165, 1.54) is 16.7 Å². The zero-order valence-corrected chi connectivity index (χ0v) is 20.8. The third-order valence-electron chi connectivity index (χ3n) is 7.24. The van der Waals surface area contributed by atoms with Crippen LogP contribution in [0.25, 0.3) is 0 Å². The minimum absolute atomic E-state index is 0.277. The van der Waals surface area contributed by atoms with Crippen molar-refractivity contribution in [2.24, 2.45) is 0 Å². The minimum atomic E-state index is -0.922. The number of carbonyl (C=O) groups is 1. The molecule has 2 aliphatic heterocycles. The summed E-state index contributed by atoms with van der Waals surface area (Å²) in [5, 5.41) is 9.45. The lowest BCUT2D eigenvalue weighted by Crippen LogP contribution is -2.46. The number of carboxylic acid groups (broad SMARTS) is 1. The SMILES string of the molecule is O=C(O)c1cccnc1N1CCN(Cc2ccc(CN3CCN(Cc4ccccc4)CC3)cc2)CC1. The number of rotatable bonds is 8. The average molecular weight is 486 g/mol. The first-order valence-corrected chi connectivity index (χ1v) is 12.9. The Morgan fingerprint density at radius 2 is 1.11 bits per heavy atom. The quantitative estimate of drug-likeness (QED) is 0.525. The van der Waals surface area contributed by atoms with E-state index in [9.17, 15) is 9.90 Å².